The fourth-order valence-corrected chi connectivity index (χ4v) is 7.06. The van der Waals surface area contributed by atoms with E-state index in [1.54, 1.807) is 11.3 Å². The van der Waals surface area contributed by atoms with Crippen molar-refractivity contribution in [2.24, 2.45) is 0 Å². The molecule has 0 unspecified atom stereocenters. The molecule has 0 spiro atoms. The second kappa shape index (κ2) is 7.13. The average molecular weight is 447 g/mol. The van der Waals surface area contributed by atoms with Crippen molar-refractivity contribution in [3.8, 4) is 0 Å². The van der Waals surface area contributed by atoms with Gasteiger partial charge in [0.15, 0.2) is 5.13 Å². The van der Waals surface area contributed by atoms with Gasteiger partial charge in [-0.3, -0.25) is 4.21 Å². The number of thiazole rings is 1. The molecular formula is C20H26N6O2S2. The van der Waals surface area contributed by atoms with E-state index < -0.39 is 10.8 Å². The first-order valence-corrected chi connectivity index (χ1v) is 12.9. The Kier molecular flexibility index (Phi) is 4.50. The molecule has 0 amide bonds. The lowest BCUT2D eigenvalue weighted by atomic mass is 9.77. The molecule has 5 heterocycles. The van der Waals surface area contributed by atoms with Crippen LogP contribution in [-0.4, -0.2) is 61.8 Å². The molecule has 2 N–H and O–H groups in total. The van der Waals surface area contributed by atoms with Gasteiger partial charge in [0.2, 0.25) is 5.95 Å². The largest absolute Gasteiger partial charge is 0.394 e. The lowest BCUT2D eigenvalue weighted by Crippen LogP contribution is -2.48. The molecule has 0 aromatic carbocycles. The minimum absolute atomic E-state index is 0.0704. The van der Waals surface area contributed by atoms with Gasteiger partial charge in [0.1, 0.15) is 10.7 Å². The molecule has 10 heteroatoms. The molecule has 1 aliphatic carbocycles. The normalized spacial score (nSPS) is 24.1. The van der Waals surface area contributed by atoms with Crippen LogP contribution in [0.1, 0.15) is 41.9 Å². The van der Waals surface area contributed by atoms with Crippen molar-refractivity contribution >= 4 is 39.0 Å². The van der Waals surface area contributed by atoms with Crippen molar-refractivity contribution in [1.82, 2.24) is 15.0 Å². The summed E-state index contributed by atoms with van der Waals surface area (Å²) in [5, 5.41) is 14.5. The number of rotatable bonds is 5. The molecule has 3 aliphatic heterocycles. The van der Waals surface area contributed by atoms with Crippen LogP contribution in [0.5, 0.6) is 0 Å². The Morgan fingerprint density at radius 2 is 1.93 bits per heavy atom. The lowest BCUT2D eigenvalue weighted by molar-refractivity contribution is 0.143. The molecule has 0 radical (unpaired) electrons. The first-order valence-electron chi connectivity index (χ1n) is 10.8. The molecule has 2 aromatic rings. The highest BCUT2D eigenvalue weighted by molar-refractivity contribution is 7.85. The lowest BCUT2D eigenvalue weighted by Gasteiger charge is -2.41. The van der Waals surface area contributed by atoms with Gasteiger partial charge in [0, 0.05) is 43.1 Å². The number of nitrogens with one attached hydrogen (secondary N) is 1. The number of aliphatic hydroxyl groups excluding tert-OH is 1. The zero-order chi connectivity index (χ0) is 20.3. The summed E-state index contributed by atoms with van der Waals surface area (Å²) in [6.45, 7) is 3.91. The molecule has 160 valence electrons. The first-order chi connectivity index (χ1) is 14.6. The second-order valence-electron chi connectivity index (χ2n) is 8.74. The predicted molar refractivity (Wildman–Crippen MR) is 118 cm³/mol. The van der Waals surface area contributed by atoms with Crippen molar-refractivity contribution in [2.45, 2.75) is 55.5 Å². The highest BCUT2D eigenvalue weighted by Gasteiger charge is 2.39. The Balaban J connectivity index is 1.31. The van der Waals surface area contributed by atoms with Crippen LogP contribution in [0.2, 0.25) is 0 Å². The summed E-state index contributed by atoms with van der Waals surface area (Å²) < 4.78 is 12.6. The van der Waals surface area contributed by atoms with E-state index in [2.05, 4.69) is 15.1 Å². The van der Waals surface area contributed by atoms with Crippen molar-refractivity contribution in [3.05, 3.63) is 16.3 Å². The van der Waals surface area contributed by atoms with Gasteiger partial charge in [0.05, 0.1) is 40.9 Å². The van der Waals surface area contributed by atoms with Crippen LogP contribution in [0, 0.1) is 0 Å². The van der Waals surface area contributed by atoms with Gasteiger partial charge in [-0.25, -0.2) is 9.97 Å². The number of hydrogen-bond donors (Lipinski definition) is 2. The summed E-state index contributed by atoms with van der Waals surface area (Å²) in [5.74, 6) is 1.97. The van der Waals surface area contributed by atoms with Crippen LogP contribution in [0.25, 0.3) is 0 Å². The minimum Gasteiger partial charge on any atom is -0.394 e. The topological polar surface area (TPSA) is 94.5 Å². The molecule has 1 atom stereocenters. The molecular weight excluding hydrogens is 420 g/mol. The van der Waals surface area contributed by atoms with E-state index in [0.717, 1.165) is 74.0 Å². The first kappa shape index (κ1) is 18.9. The van der Waals surface area contributed by atoms with E-state index in [0.29, 0.717) is 17.5 Å². The number of hydrogen-bond acceptors (Lipinski definition) is 9. The van der Waals surface area contributed by atoms with Crippen LogP contribution < -0.4 is 15.1 Å². The molecule has 1 saturated heterocycles. The minimum atomic E-state index is -1.07. The molecule has 0 bridgehead atoms. The maximum Gasteiger partial charge on any atom is 0.227 e. The third kappa shape index (κ3) is 3.03. The molecule has 8 nitrogen and oxygen atoms in total. The standard InChI is InChI=1S/C20H26N6O2S2/c27-12-20(5-1-6-20)24-17-16-14(4-10-30(16)28)21-18(23-17)26-9-3-13-15(11-26)29-19(22-13)25-7-2-8-25/h27H,1-12H2,(H,21,23,24)/t30-/m0/s1. The monoisotopic (exact) mass is 446 g/mol. The van der Waals surface area contributed by atoms with E-state index in [1.165, 1.54) is 17.0 Å². The fourth-order valence-electron chi connectivity index (χ4n) is 4.58. The van der Waals surface area contributed by atoms with Gasteiger partial charge in [-0.1, -0.05) is 11.3 Å². The number of anilines is 3. The number of fused-ring (bicyclic) bond motifs is 2. The Labute approximate surface area is 182 Å². The number of aryl methyl sites for hydroxylation is 1. The summed E-state index contributed by atoms with van der Waals surface area (Å²) in [7, 11) is -1.07. The summed E-state index contributed by atoms with van der Waals surface area (Å²) in [6, 6.07) is 0. The van der Waals surface area contributed by atoms with Crippen LogP contribution in [-0.2, 0) is 30.2 Å². The summed E-state index contributed by atoms with van der Waals surface area (Å²) >= 11 is 1.79. The van der Waals surface area contributed by atoms with Crippen molar-refractivity contribution in [2.75, 3.05) is 47.1 Å². The number of nitrogens with zero attached hydrogens (tertiary/aromatic N) is 5. The molecule has 2 aromatic heterocycles. The quantitative estimate of drug-likeness (QED) is 0.717. The van der Waals surface area contributed by atoms with Crippen molar-refractivity contribution in [1.29, 1.82) is 0 Å². The van der Waals surface area contributed by atoms with Crippen LogP contribution >= 0.6 is 11.3 Å². The Hall–Kier alpha value is -1.78. The van der Waals surface area contributed by atoms with Gasteiger partial charge >= 0.3 is 0 Å². The van der Waals surface area contributed by atoms with E-state index >= 15 is 0 Å². The van der Waals surface area contributed by atoms with Gasteiger partial charge in [-0.15, -0.1) is 0 Å². The van der Waals surface area contributed by atoms with Gasteiger partial charge in [-0.05, 0) is 25.7 Å². The maximum atomic E-state index is 12.6. The molecule has 1 saturated carbocycles. The zero-order valence-electron chi connectivity index (χ0n) is 16.9. The molecule has 6 rings (SSSR count). The summed E-state index contributed by atoms with van der Waals surface area (Å²) in [4.78, 5) is 21.2. The van der Waals surface area contributed by atoms with E-state index in [4.69, 9.17) is 15.0 Å². The third-order valence-corrected chi connectivity index (χ3v) is 9.40. The van der Waals surface area contributed by atoms with E-state index in [1.807, 2.05) is 0 Å². The van der Waals surface area contributed by atoms with E-state index in [-0.39, 0.29) is 12.1 Å². The SMILES string of the molecule is O=[S@]1CCc2nc(N3CCc4nc(N5CCC5)sc4C3)nc(NC3(CO)CCC3)c21. The molecule has 4 aliphatic rings. The van der Waals surface area contributed by atoms with Gasteiger partial charge in [-0.2, -0.15) is 4.98 Å². The summed E-state index contributed by atoms with van der Waals surface area (Å²) in [5.41, 5.74) is 1.78. The second-order valence-corrected chi connectivity index (χ2v) is 11.3. The highest BCUT2D eigenvalue weighted by Crippen LogP contribution is 2.39. The third-order valence-electron chi connectivity index (χ3n) is 6.80. The maximum absolute atomic E-state index is 12.6. The molecule has 2 fully saturated rings. The smallest absolute Gasteiger partial charge is 0.227 e. The Morgan fingerprint density at radius 1 is 1.07 bits per heavy atom. The fraction of sp³-hybridized carbons (Fsp3) is 0.650. The van der Waals surface area contributed by atoms with Crippen LogP contribution in [0.3, 0.4) is 0 Å². The predicted octanol–water partition coefficient (Wildman–Crippen LogP) is 1.70. The van der Waals surface area contributed by atoms with E-state index in [9.17, 15) is 9.32 Å². The average Bonchev–Trinajstić information content (AvgIpc) is 3.26. The Morgan fingerprint density at radius 3 is 2.63 bits per heavy atom. The van der Waals surface area contributed by atoms with Crippen LogP contribution in [0.15, 0.2) is 4.90 Å². The van der Waals surface area contributed by atoms with Gasteiger partial charge in [0.25, 0.3) is 0 Å². The Bertz CT molecular complexity index is 1010. The van der Waals surface area contributed by atoms with Crippen molar-refractivity contribution in [3.63, 3.8) is 0 Å². The zero-order valence-corrected chi connectivity index (χ0v) is 18.5. The van der Waals surface area contributed by atoms with Crippen LogP contribution in [0.4, 0.5) is 16.9 Å². The van der Waals surface area contributed by atoms with Gasteiger partial charge < -0.3 is 20.2 Å². The van der Waals surface area contributed by atoms with Crippen molar-refractivity contribution < 1.29 is 9.32 Å². The number of aliphatic hydroxyl groups is 1. The number of aromatic nitrogens is 3. The molecule has 30 heavy (non-hydrogen) atoms. The highest BCUT2D eigenvalue weighted by atomic mass is 32.2. The summed E-state index contributed by atoms with van der Waals surface area (Å²) in [6.07, 6.45) is 5.80.